The highest BCUT2D eigenvalue weighted by atomic mass is 35.5. The molecule has 0 N–H and O–H groups in total. The van der Waals surface area contributed by atoms with Crippen molar-refractivity contribution in [3.63, 3.8) is 0 Å². The average molecular weight is 403 g/mol. The molecule has 29 heavy (non-hydrogen) atoms. The number of halogens is 1. The van der Waals surface area contributed by atoms with Crippen molar-refractivity contribution in [2.45, 2.75) is 25.6 Å². The maximum Gasteiger partial charge on any atom is 0.251 e. The number of benzene rings is 3. The first-order chi connectivity index (χ1) is 14.1. The lowest BCUT2D eigenvalue weighted by molar-refractivity contribution is -0.00455. The van der Waals surface area contributed by atoms with E-state index >= 15 is 0 Å². The van der Waals surface area contributed by atoms with Crippen molar-refractivity contribution < 1.29 is 9.53 Å². The fourth-order valence-corrected chi connectivity index (χ4v) is 4.08. The van der Waals surface area contributed by atoms with E-state index in [-0.39, 0.29) is 11.8 Å². The molecule has 0 spiro atoms. The molecular weight excluding hydrogens is 384 g/mol. The normalized spacial score (nSPS) is 19.8. The molecule has 0 aromatic heterocycles. The van der Waals surface area contributed by atoms with Gasteiger partial charge in [-0.05, 0) is 30.7 Å². The Hall–Kier alpha value is -3.11. The van der Waals surface area contributed by atoms with Gasteiger partial charge in [0.25, 0.3) is 6.23 Å². The summed E-state index contributed by atoms with van der Waals surface area (Å²) in [7, 11) is 0. The van der Waals surface area contributed by atoms with Crippen LogP contribution in [0.1, 0.15) is 39.5 Å². The molecule has 0 amide bonds. The molecule has 0 fully saturated rings. The summed E-state index contributed by atoms with van der Waals surface area (Å²) >= 11 is 6.25. The third-order valence-electron chi connectivity index (χ3n) is 5.42. The van der Waals surface area contributed by atoms with E-state index in [0.717, 1.165) is 16.8 Å². The quantitative estimate of drug-likeness (QED) is 0.551. The predicted octanol–water partition coefficient (Wildman–Crippen LogP) is 5.40. The van der Waals surface area contributed by atoms with Crippen molar-refractivity contribution in [3.05, 3.63) is 100 Å². The van der Waals surface area contributed by atoms with Crippen LogP contribution in [0.25, 0.3) is 0 Å². The number of hydrazone groups is 1. The van der Waals surface area contributed by atoms with Gasteiger partial charge in [0.2, 0.25) is 5.78 Å². The first-order valence-electron chi connectivity index (χ1n) is 9.58. The van der Waals surface area contributed by atoms with Gasteiger partial charge in [0.1, 0.15) is 5.75 Å². The van der Waals surface area contributed by atoms with Crippen molar-refractivity contribution in [2.24, 2.45) is 5.10 Å². The summed E-state index contributed by atoms with van der Waals surface area (Å²) < 4.78 is 6.13. The van der Waals surface area contributed by atoms with Crippen molar-refractivity contribution in [2.75, 3.05) is 0 Å². The van der Waals surface area contributed by atoms with Crippen LogP contribution >= 0.6 is 11.6 Å². The number of aryl methyl sites for hydroxylation is 1. The molecule has 0 unspecified atom stereocenters. The van der Waals surface area contributed by atoms with Crippen LogP contribution in [0.2, 0.25) is 5.02 Å². The summed E-state index contributed by atoms with van der Waals surface area (Å²) in [5.74, 6) is 0.579. The summed E-state index contributed by atoms with van der Waals surface area (Å²) in [5, 5.41) is 7.26. The number of hydrogen-bond donors (Lipinski definition) is 0. The Kier molecular flexibility index (Phi) is 4.36. The molecule has 0 saturated carbocycles. The van der Waals surface area contributed by atoms with Gasteiger partial charge in [0, 0.05) is 22.6 Å². The zero-order chi connectivity index (χ0) is 20.0. The Labute approximate surface area is 174 Å². The highest BCUT2D eigenvalue weighted by Gasteiger charge is 2.43. The van der Waals surface area contributed by atoms with Crippen LogP contribution in [-0.4, -0.2) is 22.7 Å². The van der Waals surface area contributed by atoms with Gasteiger partial charge < -0.3 is 4.74 Å². The minimum absolute atomic E-state index is 0.0913. The van der Waals surface area contributed by atoms with Gasteiger partial charge in [-0.25, -0.2) is 5.01 Å². The fraction of sp³-hybridized carbons (Fsp3) is 0.167. The molecule has 2 aliphatic heterocycles. The van der Waals surface area contributed by atoms with E-state index < -0.39 is 6.23 Å². The number of carbonyl (C=O) groups excluding carboxylic acids is 1. The monoisotopic (exact) mass is 402 g/mol. The molecule has 0 bridgehead atoms. The number of nitrogens with zero attached hydrogens (tertiary/aromatic N) is 2. The maximum atomic E-state index is 13.2. The van der Waals surface area contributed by atoms with Crippen molar-refractivity contribution >= 4 is 23.1 Å². The van der Waals surface area contributed by atoms with Crippen LogP contribution < -0.4 is 4.74 Å². The second-order valence-electron chi connectivity index (χ2n) is 7.40. The lowest BCUT2D eigenvalue weighted by Gasteiger charge is -2.37. The van der Waals surface area contributed by atoms with Gasteiger partial charge >= 0.3 is 0 Å². The molecule has 3 aromatic carbocycles. The number of carbonyl (C=O) groups is 1. The van der Waals surface area contributed by atoms with Crippen LogP contribution in [-0.2, 0) is 0 Å². The molecule has 4 nitrogen and oxygen atoms in total. The topological polar surface area (TPSA) is 41.9 Å². The van der Waals surface area contributed by atoms with Gasteiger partial charge in [0.15, 0.2) is 0 Å². The molecular formula is C24H19ClN2O2. The molecule has 2 heterocycles. The minimum atomic E-state index is -0.806. The molecule has 2 atom stereocenters. The number of hydrogen-bond acceptors (Lipinski definition) is 4. The number of ketones is 1. The Morgan fingerprint density at radius 3 is 2.59 bits per heavy atom. The van der Waals surface area contributed by atoms with E-state index in [4.69, 9.17) is 21.4 Å². The van der Waals surface area contributed by atoms with Crippen LogP contribution in [0, 0.1) is 6.92 Å². The maximum absolute atomic E-state index is 13.2. The van der Waals surface area contributed by atoms with Gasteiger partial charge in [0.05, 0.1) is 11.8 Å². The second-order valence-corrected chi connectivity index (χ2v) is 7.83. The van der Waals surface area contributed by atoms with Crippen molar-refractivity contribution in [1.29, 1.82) is 0 Å². The van der Waals surface area contributed by atoms with E-state index in [0.29, 0.717) is 22.8 Å². The third kappa shape index (κ3) is 3.19. The Morgan fingerprint density at radius 2 is 1.83 bits per heavy atom. The van der Waals surface area contributed by atoms with Gasteiger partial charge in [-0.1, -0.05) is 71.8 Å². The standard InChI is InChI=1S/C24H19ClN2O2/c1-15-7-9-16(10-8-15)20-14-21-19-13-18(25)11-12-22(19)29-24(27(21)26-20)23(28)17-5-3-2-4-6-17/h2-13,21,24H,14H2,1H3/t21-,24-/m0/s1. The predicted molar refractivity (Wildman–Crippen MR) is 114 cm³/mol. The summed E-state index contributed by atoms with van der Waals surface area (Å²) in [6.45, 7) is 2.06. The first kappa shape index (κ1) is 18.0. The highest BCUT2D eigenvalue weighted by molar-refractivity contribution is 6.30. The van der Waals surface area contributed by atoms with E-state index in [2.05, 4.69) is 31.2 Å². The van der Waals surface area contributed by atoms with Crippen molar-refractivity contribution in [3.8, 4) is 5.75 Å². The molecule has 0 aliphatic carbocycles. The number of fused-ring (bicyclic) bond motifs is 3. The summed E-state index contributed by atoms with van der Waals surface area (Å²) in [6, 6.07) is 22.9. The molecule has 0 saturated heterocycles. The van der Waals surface area contributed by atoms with Crippen LogP contribution in [0.5, 0.6) is 5.75 Å². The van der Waals surface area contributed by atoms with E-state index in [1.54, 1.807) is 23.2 Å². The van der Waals surface area contributed by atoms with E-state index in [1.165, 1.54) is 5.56 Å². The zero-order valence-corrected chi connectivity index (χ0v) is 16.6. The summed E-state index contributed by atoms with van der Waals surface area (Å²) in [4.78, 5) is 13.2. The molecule has 5 rings (SSSR count). The Bertz CT molecular complexity index is 1110. The Balaban J connectivity index is 1.58. The van der Waals surface area contributed by atoms with Crippen LogP contribution in [0.4, 0.5) is 0 Å². The molecule has 5 heteroatoms. The average Bonchev–Trinajstić information content (AvgIpc) is 3.20. The minimum Gasteiger partial charge on any atom is -0.461 e. The zero-order valence-electron chi connectivity index (χ0n) is 15.9. The van der Waals surface area contributed by atoms with E-state index in [1.807, 2.05) is 30.3 Å². The third-order valence-corrected chi connectivity index (χ3v) is 5.65. The van der Waals surface area contributed by atoms with Crippen LogP contribution in [0.15, 0.2) is 77.9 Å². The van der Waals surface area contributed by atoms with Crippen molar-refractivity contribution in [1.82, 2.24) is 5.01 Å². The smallest absolute Gasteiger partial charge is 0.251 e. The lowest BCUT2D eigenvalue weighted by Crippen LogP contribution is -2.45. The molecule has 144 valence electrons. The first-order valence-corrected chi connectivity index (χ1v) is 9.96. The number of rotatable bonds is 3. The Morgan fingerprint density at radius 1 is 1.07 bits per heavy atom. The molecule has 0 radical (unpaired) electrons. The van der Waals surface area contributed by atoms with Gasteiger partial charge in [-0.15, -0.1) is 0 Å². The fourth-order valence-electron chi connectivity index (χ4n) is 3.90. The highest BCUT2D eigenvalue weighted by Crippen LogP contribution is 2.44. The number of Topliss-reactive ketones (excluding diaryl/α,β-unsaturated/α-hetero) is 1. The summed E-state index contributed by atoms with van der Waals surface area (Å²) in [5.41, 5.74) is 4.76. The molecule has 2 aliphatic rings. The van der Waals surface area contributed by atoms with Gasteiger partial charge in [-0.3, -0.25) is 4.79 Å². The second kappa shape index (κ2) is 7.05. The summed E-state index contributed by atoms with van der Waals surface area (Å²) in [6.07, 6.45) is -0.114. The lowest BCUT2D eigenvalue weighted by atomic mass is 9.95. The number of ether oxygens (including phenoxy) is 1. The molecule has 3 aromatic rings. The largest absolute Gasteiger partial charge is 0.461 e. The van der Waals surface area contributed by atoms with Gasteiger partial charge in [-0.2, -0.15) is 5.10 Å². The van der Waals surface area contributed by atoms with E-state index in [9.17, 15) is 4.79 Å². The van der Waals surface area contributed by atoms with Crippen LogP contribution in [0.3, 0.4) is 0 Å². The SMILES string of the molecule is Cc1ccc(C2=NN3[C@H](C(=O)c4ccccc4)Oc4ccc(Cl)cc4[C@@H]3C2)cc1.